The summed E-state index contributed by atoms with van der Waals surface area (Å²) in [5.41, 5.74) is 13.9. The third kappa shape index (κ3) is 31.1. The zero-order valence-corrected chi connectivity index (χ0v) is 90.1. The number of carbonyl (C=O) groups is 9. The average molecular weight is 2090 g/mol. The predicted molar refractivity (Wildman–Crippen MR) is 592 cm³/mol. The monoisotopic (exact) mass is 2090 g/mol. The Bertz CT molecular complexity index is 7150. The van der Waals surface area contributed by atoms with Crippen LogP contribution >= 0.6 is 45.6 Å². The van der Waals surface area contributed by atoms with Crippen molar-refractivity contribution in [2.24, 2.45) is 17.8 Å². The number of hydrogen-bond donors (Lipinski definition) is 6. The minimum Gasteiger partial charge on any atom is -0.487 e. The molecule has 15 aromatic rings. The Labute approximate surface area is 891 Å². The van der Waals surface area contributed by atoms with E-state index in [0.29, 0.717) is 54.5 Å². The number of hydrogen-bond acceptors (Lipinski definition) is 23. The minimum absolute atomic E-state index is 0.0356. The topological polar surface area (TPSA) is 372 Å². The number of thiophene rings is 3. The number of para-hydroxylation sites is 2. The van der Waals surface area contributed by atoms with Crippen LogP contribution in [0.5, 0.6) is 23.1 Å². The number of benzene rings is 8. The molecule has 3 amide bonds. The summed E-state index contributed by atoms with van der Waals surface area (Å²) in [6.45, 7) is 32.7. The number of Topliss-reactive ketones (excluding diaryl/α,β-unsaturated/α-hetero) is 3. The molecule has 6 N–H and O–H groups in total. The van der Waals surface area contributed by atoms with Crippen LogP contribution in [0.3, 0.4) is 0 Å². The molecular formula is C120H124ClN11O15S3. The van der Waals surface area contributed by atoms with Gasteiger partial charge in [0.05, 0.1) is 31.9 Å². The molecule has 0 aliphatic rings. The lowest BCUT2D eigenvalue weighted by Crippen LogP contribution is -2.42. The average Bonchev–Trinajstić information content (AvgIpc) is 1.58. The number of aliphatic carboxylic acids is 3. The molecule has 0 saturated heterocycles. The highest BCUT2D eigenvalue weighted by Crippen LogP contribution is 2.43. The zero-order valence-electron chi connectivity index (χ0n) is 86.9. The third-order valence-corrected chi connectivity index (χ3v) is 29.3. The van der Waals surface area contributed by atoms with Crippen molar-refractivity contribution in [1.29, 1.82) is 0 Å². The van der Waals surface area contributed by atoms with Gasteiger partial charge < -0.3 is 50.4 Å². The van der Waals surface area contributed by atoms with Crippen LogP contribution < -0.4 is 35.1 Å². The molecule has 0 aliphatic heterocycles. The molecule has 0 fully saturated rings. The summed E-state index contributed by atoms with van der Waals surface area (Å²) >= 11 is 10.9. The van der Waals surface area contributed by atoms with Crippen molar-refractivity contribution in [2.75, 3.05) is 4.90 Å². The summed E-state index contributed by atoms with van der Waals surface area (Å²) < 4.78 is 17.8. The molecular weight excluding hydrogens is 1970 g/mol. The first-order chi connectivity index (χ1) is 71.3. The van der Waals surface area contributed by atoms with E-state index in [9.17, 15) is 58.5 Å². The van der Waals surface area contributed by atoms with Gasteiger partial charge in [-0.2, -0.15) is 0 Å². The lowest BCUT2D eigenvalue weighted by molar-refractivity contribution is -0.142. The molecule has 0 bridgehead atoms. The Hall–Kier alpha value is -15.4. The normalized spacial score (nSPS) is 12.6. The number of carbonyl (C=O) groups excluding carboxylic acids is 6. The molecule has 150 heavy (non-hydrogen) atoms. The van der Waals surface area contributed by atoms with Crippen LogP contribution in [-0.2, 0) is 64.3 Å². The number of ether oxygens (including phenoxy) is 3. The Balaban J connectivity index is 0.000000188. The molecule has 0 aliphatic carbocycles. The van der Waals surface area contributed by atoms with Crippen molar-refractivity contribution in [3.8, 4) is 90.7 Å². The van der Waals surface area contributed by atoms with E-state index in [1.165, 1.54) is 54.8 Å². The number of carboxylic acids is 3. The fraction of sp³-hybridized carbons (Fsp3) is 0.283. The molecule has 15 rings (SSSR count). The van der Waals surface area contributed by atoms with Gasteiger partial charge >= 0.3 is 17.9 Å². The van der Waals surface area contributed by atoms with Crippen molar-refractivity contribution in [3.05, 3.63) is 343 Å². The summed E-state index contributed by atoms with van der Waals surface area (Å²) in [6, 6.07) is 74.5. The van der Waals surface area contributed by atoms with E-state index in [2.05, 4.69) is 167 Å². The van der Waals surface area contributed by atoms with Crippen LogP contribution in [-0.4, -0.2) is 134 Å². The standard InChI is InChI=1S/C44H42N4O4S.C38H44ClN3O6S.C38H38N4O5S/c1-29(43(51)52)47-42(50)33(26-38(49)39-23-24-40(53-39)44(2,3)4)25-30-15-17-32(18-16-30)41-45-27-34(28-46-41)31-19-21-37(22-20-31)48(35-11-7-5-8-12-35)36-13-9-6-10-14-36;1-21(2)47-31-18-26(16-29(39)34(31)48-22(3)4)28-19-40-35(41-20-28)25-11-9-24(10-12-25)15-27(36(44)42-23(5)37(45)46)17-30(43)32-13-14-33(49-32)38(6,7)8;1-23-7-6-8-30(17-23)47-34-16-13-27(20-39-34)29-21-40-35(41-22-29)26-11-9-25(10-12-26)18-28(36(44)42-24(2)37(45)46)19-31(43)32-14-15-33(48-32)38(3,4)5/h5-24,27-29,33H,25-26H2,1-4H3,(H,47,50)(H,51,52);9-14,16,18-23,27H,15,17H2,1-8H3,(H,42,44)(H,45,46);6-17,20-22,24,28H,18-19H2,1-5H3,(H,42,44)(H,45,46)/t29-,33-;23-,27-;24-,28-/m111/s1. The second-order valence-corrected chi connectivity index (χ2v) is 44.1. The maximum Gasteiger partial charge on any atom is 0.325 e. The van der Waals surface area contributed by atoms with Gasteiger partial charge in [-0.25, -0.2) is 34.9 Å². The van der Waals surface area contributed by atoms with Gasteiger partial charge in [-0.1, -0.05) is 207 Å². The van der Waals surface area contributed by atoms with Gasteiger partial charge in [0.15, 0.2) is 46.3 Å². The largest absolute Gasteiger partial charge is 0.487 e. The third-order valence-electron chi connectivity index (χ3n) is 24.3. The maximum absolute atomic E-state index is 13.3. The SMILES string of the molecule is CC(C)Oc1cc(-c2cnc(-c3ccc(C[C@H](CC(=O)c4ccc(C(C)(C)C)s4)C(=O)N[C@H](C)C(=O)O)cc3)nc2)cc(Cl)c1OC(C)C.C[C@@H](NC(=O)[C@@H](CC(=O)c1ccc(C(C)(C)C)s1)Cc1ccc(-c2ncc(-c3ccc(N(c4ccccc4)c4ccccc4)cc3)cn2)cc1)C(=O)O.Cc1cccc(Oc2ccc(-c3cnc(-c4ccc(C[C@H](CC(=O)c5ccc(C(C)(C)C)s5)C(=O)N[C@H](C)C(=O)O)cc4)nc3)cn2)c1. The second-order valence-electron chi connectivity index (χ2n) is 40.5. The number of nitrogens with zero attached hydrogens (tertiary/aromatic N) is 8. The second kappa shape index (κ2) is 50.5. The van der Waals surface area contributed by atoms with Crippen molar-refractivity contribution in [3.63, 3.8) is 0 Å². The Morgan fingerprint density at radius 1 is 0.347 bits per heavy atom. The van der Waals surface area contributed by atoms with E-state index in [0.717, 1.165) is 110 Å². The zero-order chi connectivity index (χ0) is 108. The first-order valence-corrected chi connectivity index (χ1v) is 52.3. The highest BCUT2D eigenvalue weighted by Gasteiger charge is 2.33. The van der Waals surface area contributed by atoms with Crippen molar-refractivity contribution in [2.45, 2.75) is 203 Å². The number of halogens is 1. The summed E-state index contributed by atoms with van der Waals surface area (Å²) in [4.78, 5) is 153. The van der Waals surface area contributed by atoms with Crippen LogP contribution in [0.2, 0.25) is 5.02 Å². The summed E-state index contributed by atoms with van der Waals surface area (Å²) in [5.74, 6) is -3.69. The van der Waals surface area contributed by atoms with Gasteiger partial charge in [0.1, 0.15) is 23.9 Å². The van der Waals surface area contributed by atoms with Crippen LogP contribution in [0.15, 0.2) is 286 Å². The van der Waals surface area contributed by atoms with Crippen LogP contribution in [0.4, 0.5) is 17.1 Å². The molecule has 0 saturated carbocycles. The van der Waals surface area contributed by atoms with Crippen molar-refractivity contribution in [1.82, 2.24) is 50.8 Å². The van der Waals surface area contributed by atoms with Gasteiger partial charge in [-0.05, 0) is 227 Å². The van der Waals surface area contributed by atoms with E-state index >= 15 is 0 Å². The lowest BCUT2D eigenvalue weighted by Gasteiger charge is -2.25. The number of carboxylic acid groups (broad SMARTS) is 3. The number of nitrogens with one attached hydrogen (secondary N) is 3. The summed E-state index contributed by atoms with van der Waals surface area (Å²) in [5, 5.41) is 36.1. The fourth-order valence-electron chi connectivity index (χ4n) is 15.9. The first-order valence-electron chi connectivity index (χ1n) is 49.5. The first kappa shape index (κ1) is 112. The maximum atomic E-state index is 13.3. The Kier molecular flexibility index (Phi) is 37.6. The van der Waals surface area contributed by atoms with Gasteiger partial charge in [-0.15, -0.1) is 34.0 Å². The molecule has 0 spiro atoms. The molecule has 0 radical (unpaired) electrons. The van der Waals surface area contributed by atoms with E-state index < -0.39 is 71.5 Å². The van der Waals surface area contributed by atoms with Gasteiger partial charge in [-0.3, -0.25) is 43.2 Å². The highest BCUT2D eigenvalue weighted by molar-refractivity contribution is 7.15. The van der Waals surface area contributed by atoms with Crippen LogP contribution in [0.1, 0.15) is 196 Å². The number of aryl methyl sites for hydroxylation is 1. The summed E-state index contributed by atoms with van der Waals surface area (Å²) in [7, 11) is 0. The van der Waals surface area contributed by atoms with Gasteiger partial charge in [0, 0.05) is 157 Å². The minimum atomic E-state index is -1.15. The predicted octanol–water partition coefficient (Wildman–Crippen LogP) is 25.8. The number of pyridine rings is 1. The van der Waals surface area contributed by atoms with E-state index in [4.69, 9.17) is 25.8 Å². The quantitative estimate of drug-likeness (QED) is 0.0195. The molecule has 7 aromatic heterocycles. The molecule has 774 valence electrons. The molecule has 7 heterocycles. The molecule has 8 aromatic carbocycles. The lowest BCUT2D eigenvalue weighted by atomic mass is 9.92. The number of anilines is 3. The van der Waals surface area contributed by atoms with E-state index in [1.54, 1.807) is 55.2 Å². The van der Waals surface area contributed by atoms with Crippen molar-refractivity contribution >= 4 is 116 Å². The number of rotatable bonds is 39. The van der Waals surface area contributed by atoms with Gasteiger partial charge in [0.25, 0.3) is 0 Å². The van der Waals surface area contributed by atoms with E-state index in [-0.39, 0.29) is 84.3 Å². The smallest absolute Gasteiger partial charge is 0.325 e. The fourth-order valence-corrected chi connectivity index (χ4v) is 19.2. The summed E-state index contributed by atoms with van der Waals surface area (Å²) in [6.07, 6.45) is 12.7. The van der Waals surface area contributed by atoms with Crippen molar-refractivity contribution < 1.29 is 72.7 Å². The molecule has 0 unspecified atom stereocenters. The molecule has 6 atom stereocenters. The number of aromatic nitrogens is 7. The van der Waals surface area contributed by atoms with Crippen LogP contribution in [0.25, 0.3) is 67.5 Å². The number of ketones is 3. The van der Waals surface area contributed by atoms with E-state index in [1.807, 2.05) is 217 Å². The van der Waals surface area contributed by atoms with Gasteiger partial charge in [0.2, 0.25) is 23.6 Å². The molecule has 30 heteroatoms. The number of amides is 3. The van der Waals surface area contributed by atoms with Crippen LogP contribution in [0, 0.1) is 24.7 Å². The highest BCUT2D eigenvalue weighted by atomic mass is 35.5. The Morgan fingerprint density at radius 2 is 0.673 bits per heavy atom. The Morgan fingerprint density at radius 3 is 0.993 bits per heavy atom. The molecule has 26 nitrogen and oxygen atoms in total.